The fourth-order valence-electron chi connectivity index (χ4n) is 1.32. The Morgan fingerprint density at radius 3 is 2.79 bits per heavy atom. The fourth-order valence-corrected chi connectivity index (χ4v) is 2.16. The van der Waals surface area contributed by atoms with Crippen molar-refractivity contribution in [3.63, 3.8) is 0 Å². The molecule has 0 saturated carbocycles. The van der Waals surface area contributed by atoms with E-state index in [4.69, 9.17) is 0 Å². The summed E-state index contributed by atoms with van der Waals surface area (Å²) in [6.07, 6.45) is 0. The average Bonchev–Trinajstić information content (AvgIpc) is 2.50. The van der Waals surface area contributed by atoms with Crippen LogP contribution in [0.25, 0.3) is 0 Å². The Bertz CT molecular complexity index is 270. The Balaban J connectivity index is 2.36. The quantitative estimate of drug-likeness (QED) is 0.806. The van der Waals surface area contributed by atoms with Crippen LogP contribution in [-0.2, 0) is 0 Å². The molecule has 0 spiro atoms. The van der Waals surface area contributed by atoms with Crippen molar-refractivity contribution in [1.82, 2.24) is 15.2 Å². The summed E-state index contributed by atoms with van der Waals surface area (Å²) in [6.45, 7) is 6.35. The van der Waals surface area contributed by atoms with Crippen molar-refractivity contribution in [1.29, 1.82) is 0 Å². The van der Waals surface area contributed by atoms with Gasteiger partial charge < -0.3 is 10.2 Å². The van der Waals surface area contributed by atoms with Crippen LogP contribution in [0.4, 0.5) is 0 Å². The first kappa shape index (κ1) is 11.6. The topological polar surface area (TPSA) is 28.2 Å². The third-order valence-corrected chi connectivity index (χ3v) is 3.30. The molecule has 0 bridgehead atoms. The first-order valence-electron chi connectivity index (χ1n) is 4.89. The zero-order valence-electron chi connectivity index (χ0n) is 9.37. The van der Waals surface area contributed by atoms with E-state index in [2.05, 4.69) is 43.1 Å². The van der Waals surface area contributed by atoms with Crippen molar-refractivity contribution in [3.05, 3.63) is 16.1 Å². The van der Waals surface area contributed by atoms with E-state index >= 15 is 0 Å². The van der Waals surface area contributed by atoms with E-state index in [0.29, 0.717) is 6.04 Å². The lowest BCUT2D eigenvalue weighted by atomic mass is 10.2. The molecule has 0 aliphatic heterocycles. The smallest absolute Gasteiger partial charge is 0.0798 e. The maximum absolute atomic E-state index is 4.25. The summed E-state index contributed by atoms with van der Waals surface area (Å²) < 4.78 is 0. The number of aryl methyl sites for hydroxylation is 1. The van der Waals surface area contributed by atoms with Gasteiger partial charge in [-0.2, -0.15) is 0 Å². The van der Waals surface area contributed by atoms with Crippen molar-refractivity contribution < 1.29 is 0 Å². The van der Waals surface area contributed by atoms with Crippen molar-refractivity contribution in [3.8, 4) is 0 Å². The van der Waals surface area contributed by atoms with Crippen molar-refractivity contribution >= 4 is 11.3 Å². The highest BCUT2D eigenvalue weighted by atomic mass is 32.1. The van der Waals surface area contributed by atoms with Crippen LogP contribution in [0.15, 0.2) is 5.51 Å². The number of likely N-dealkylation sites (N-methyl/N-ethyl adjacent to an activating group) is 1. The Morgan fingerprint density at radius 1 is 1.57 bits per heavy atom. The Hall–Kier alpha value is -0.450. The Labute approximate surface area is 90.2 Å². The van der Waals surface area contributed by atoms with Gasteiger partial charge in [0.1, 0.15) is 0 Å². The van der Waals surface area contributed by atoms with Gasteiger partial charge in [-0.15, -0.1) is 11.3 Å². The molecule has 14 heavy (non-hydrogen) atoms. The summed E-state index contributed by atoms with van der Waals surface area (Å²) in [5.41, 5.74) is 3.06. The minimum absolute atomic E-state index is 0.419. The zero-order chi connectivity index (χ0) is 10.6. The van der Waals surface area contributed by atoms with Crippen LogP contribution in [-0.4, -0.2) is 37.1 Å². The molecule has 0 fully saturated rings. The molecule has 1 rings (SSSR count). The average molecular weight is 213 g/mol. The van der Waals surface area contributed by atoms with Crippen LogP contribution in [0.2, 0.25) is 0 Å². The van der Waals surface area contributed by atoms with Crippen molar-refractivity contribution in [2.24, 2.45) is 0 Å². The molecule has 1 aromatic heterocycles. The summed E-state index contributed by atoms with van der Waals surface area (Å²) >= 11 is 1.73. The molecular formula is C10H19N3S. The number of nitrogens with zero attached hydrogens (tertiary/aromatic N) is 2. The minimum atomic E-state index is 0.419. The van der Waals surface area contributed by atoms with Gasteiger partial charge in [-0.3, -0.25) is 0 Å². The summed E-state index contributed by atoms with van der Waals surface area (Å²) in [5.74, 6) is 0. The summed E-state index contributed by atoms with van der Waals surface area (Å²) in [6, 6.07) is 0.419. The molecule has 0 amide bonds. The third-order valence-electron chi connectivity index (χ3n) is 2.19. The van der Waals surface area contributed by atoms with E-state index in [1.54, 1.807) is 11.3 Å². The Kier molecular flexibility index (Phi) is 4.51. The van der Waals surface area contributed by atoms with Gasteiger partial charge in [-0.05, 0) is 27.9 Å². The molecule has 1 unspecified atom stereocenters. The first-order valence-corrected chi connectivity index (χ1v) is 5.77. The van der Waals surface area contributed by atoms with E-state index in [9.17, 15) is 0 Å². The maximum Gasteiger partial charge on any atom is 0.0798 e. The van der Waals surface area contributed by atoms with Crippen molar-refractivity contribution in [2.75, 3.05) is 27.2 Å². The molecule has 4 heteroatoms. The first-order chi connectivity index (χ1) is 6.61. The van der Waals surface area contributed by atoms with E-state index in [0.717, 1.165) is 18.8 Å². The van der Waals surface area contributed by atoms with E-state index in [1.807, 2.05) is 5.51 Å². The monoisotopic (exact) mass is 213 g/mol. The van der Waals surface area contributed by atoms with E-state index < -0.39 is 0 Å². The van der Waals surface area contributed by atoms with Gasteiger partial charge in [0.05, 0.1) is 11.2 Å². The van der Waals surface area contributed by atoms with Gasteiger partial charge in [-0.1, -0.05) is 0 Å². The second-order valence-corrected chi connectivity index (χ2v) is 4.67. The number of thiazole rings is 1. The second-order valence-electron chi connectivity index (χ2n) is 3.78. The predicted molar refractivity (Wildman–Crippen MR) is 61.8 cm³/mol. The normalized spacial score (nSPS) is 13.5. The molecule has 0 aliphatic rings. The number of hydrogen-bond acceptors (Lipinski definition) is 4. The minimum Gasteiger partial charge on any atom is -0.308 e. The fraction of sp³-hybridized carbons (Fsp3) is 0.700. The molecular weight excluding hydrogens is 194 g/mol. The standard InChI is InChI=1S/C10H19N3S/c1-8(11-5-6-13(3)4)10-9(2)12-7-14-10/h7-8,11H,5-6H2,1-4H3. The van der Waals surface area contributed by atoms with Crippen LogP contribution in [0.3, 0.4) is 0 Å². The van der Waals surface area contributed by atoms with Crippen molar-refractivity contribution in [2.45, 2.75) is 19.9 Å². The molecule has 1 atom stereocenters. The van der Waals surface area contributed by atoms with Gasteiger partial charge in [0.15, 0.2) is 0 Å². The van der Waals surface area contributed by atoms with Gasteiger partial charge in [0.25, 0.3) is 0 Å². The lowest BCUT2D eigenvalue weighted by molar-refractivity contribution is 0.390. The van der Waals surface area contributed by atoms with Gasteiger partial charge in [0, 0.05) is 24.0 Å². The van der Waals surface area contributed by atoms with Gasteiger partial charge in [-0.25, -0.2) is 4.98 Å². The molecule has 0 aliphatic carbocycles. The van der Waals surface area contributed by atoms with Crippen LogP contribution < -0.4 is 5.32 Å². The Morgan fingerprint density at radius 2 is 2.29 bits per heavy atom. The molecule has 1 heterocycles. The molecule has 0 radical (unpaired) electrons. The summed E-state index contributed by atoms with van der Waals surface area (Å²) in [7, 11) is 4.18. The zero-order valence-corrected chi connectivity index (χ0v) is 10.2. The van der Waals surface area contributed by atoms with E-state index in [-0.39, 0.29) is 0 Å². The summed E-state index contributed by atoms with van der Waals surface area (Å²) in [4.78, 5) is 7.78. The molecule has 0 aromatic carbocycles. The molecule has 1 aromatic rings. The number of rotatable bonds is 5. The molecule has 80 valence electrons. The van der Waals surface area contributed by atoms with Gasteiger partial charge in [0.2, 0.25) is 0 Å². The SMILES string of the molecule is Cc1ncsc1C(C)NCCN(C)C. The maximum atomic E-state index is 4.25. The highest BCUT2D eigenvalue weighted by Gasteiger charge is 2.09. The molecule has 0 saturated heterocycles. The lowest BCUT2D eigenvalue weighted by Crippen LogP contribution is -2.28. The van der Waals surface area contributed by atoms with Crippen LogP contribution >= 0.6 is 11.3 Å². The molecule has 3 nitrogen and oxygen atoms in total. The van der Waals surface area contributed by atoms with Crippen LogP contribution in [0, 0.1) is 6.92 Å². The molecule has 1 N–H and O–H groups in total. The van der Waals surface area contributed by atoms with Gasteiger partial charge >= 0.3 is 0 Å². The lowest BCUT2D eigenvalue weighted by Gasteiger charge is -2.15. The van der Waals surface area contributed by atoms with Crippen LogP contribution in [0.5, 0.6) is 0 Å². The highest BCUT2D eigenvalue weighted by molar-refractivity contribution is 7.09. The van der Waals surface area contributed by atoms with Crippen LogP contribution in [0.1, 0.15) is 23.5 Å². The largest absolute Gasteiger partial charge is 0.308 e. The number of aromatic nitrogens is 1. The third kappa shape index (κ3) is 3.36. The second kappa shape index (κ2) is 5.44. The number of hydrogen-bond donors (Lipinski definition) is 1. The predicted octanol–water partition coefficient (Wildman–Crippen LogP) is 1.66. The number of nitrogens with one attached hydrogen (secondary N) is 1. The van der Waals surface area contributed by atoms with E-state index in [1.165, 1.54) is 4.88 Å². The highest BCUT2D eigenvalue weighted by Crippen LogP contribution is 2.20. The summed E-state index contributed by atoms with van der Waals surface area (Å²) in [5, 5.41) is 3.49.